The zero-order valence-corrected chi connectivity index (χ0v) is 31.6. The molecular formula is C40H55N7O6. The van der Waals surface area contributed by atoms with Crippen molar-refractivity contribution in [2.75, 3.05) is 0 Å². The molecule has 3 aliphatic rings. The van der Waals surface area contributed by atoms with E-state index in [1.165, 1.54) is 18.6 Å². The number of hydrogen-bond acceptors (Lipinski definition) is 8. The Hall–Kier alpha value is -4.68. The average molecular weight is 730 g/mol. The zero-order valence-electron chi connectivity index (χ0n) is 31.6. The maximum Gasteiger partial charge on any atom is 0.290 e. The number of nitrogens with one attached hydrogen (secondary N) is 4. The molecule has 2 bridgehead atoms. The van der Waals surface area contributed by atoms with E-state index in [1.807, 2.05) is 58.0 Å². The van der Waals surface area contributed by atoms with Crippen molar-refractivity contribution >= 4 is 35.3 Å². The van der Waals surface area contributed by atoms with Crippen LogP contribution in [-0.4, -0.2) is 80.4 Å². The Morgan fingerprint density at radius 3 is 2.25 bits per heavy atom. The minimum atomic E-state index is -1.06. The number of rotatable bonds is 14. The lowest BCUT2D eigenvalue weighted by Gasteiger charge is -2.41. The van der Waals surface area contributed by atoms with Gasteiger partial charge >= 0.3 is 0 Å². The van der Waals surface area contributed by atoms with E-state index in [0.29, 0.717) is 12.8 Å². The molecule has 13 nitrogen and oxygen atoms in total. The maximum absolute atomic E-state index is 14.7. The highest BCUT2D eigenvalue weighted by Gasteiger charge is 2.54. The van der Waals surface area contributed by atoms with Crippen LogP contribution < -0.4 is 21.3 Å². The number of fused-ring (bicyclic) bond motifs is 2. The van der Waals surface area contributed by atoms with Crippen LogP contribution >= 0.6 is 0 Å². The lowest BCUT2D eigenvalue weighted by atomic mass is 9.81. The van der Waals surface area contributed by atoms with Gasteiger partial charge in [0.05, 0.1) is 18.3 Å². The van der Waals surface area contributed by atoms with Gasteiger partial charge < -0.3 is 26.2 Å². The zero-order chi connectivity index (χ0) is 38.3. The summed E-state index contributed by atoms with van der Waals surface area (Å²) in [6.45, 7) is 9.24. The predicted octanol–water partition coefficient (Wildman–Crippen LogP) is 3.80. The summed E-state index contributed by atoms with van der Waals surface area (Å²) in [5.74, 6) is -3.59. The van der Waals surface area contributed by atoms with E-state index in [2.05, 4.69) is 31.2 Å². The number of piperidine rings is 1. The van der Waals surface area contributed by atoms with Crippen LogP contribution in [0.4, 0.5) is 0 Å². The fourth-order valence-corrected chi connectivity index (χ4v) is 8.23. The van der Waals surface area contributed by atoms with Crippen LogP contribution in [0.1, 0.15) is 121 Å². The highest BCUT2D eigenvalue weighted by atomic mass is 16.2. The number of carbonyl (C=O) groups is 6. The number of ketones is 1. The third-order valence-electron chi connectivity index (χ3n) is 11.1. The second-order valence-electron chi connectivity index (χ2n) is 16.0. The van der Waals surface area contributed by atoms with Crippen LogP contribution in [0.15, 0.2) is 48.9 Å². The van der Waals surface area contributed by atoms with Gasteiger partial charge in [-0.2, -0.15) is 0 Å². The first-order valence-corrected chi connectivity index (χ1v) is 19.2. The third-order valence-corrected chi connectivity index (χ3v) is 11.1. The first kappa shape index (κ1) is 39.5. The molecule has 2 heterocycles. The number of aromatic nitrogens is 2. The third kappa shape index (κ3) is 9.47. The number of likely N-dealkylation sites (tertiary alicyclic amines) is 1. The van der Waals surface area contributed by atoms with Gasteiger partial charge in [-0.15, -0.1) is 0 Å². The normalized spacial score (nSPS) is 22.2. The second-order valence-corrected chi connectivity index (χ2v) is 16.0. The molecule has 2 aliphatic carbocycles. The molecule has 1 aromatic heterocycles. The van der Waals surface area contributed by atoms with Crippen LogP contribution in [0.5, 0.6) is 0 Å². The number of hydrogen-bond donors (Lipinski definition) is 4. The van der Waals surface area contributed by atoms with Gasteiger partial charge in [0.2, 0.25) is 23.5 Å². The highest BCUT2D eigenvalue weighted by molar-refractivity contribution is 6.38. The summed E-state index contributed by atoms with van der Waals surface area (Å²) in [7, 11) is 0. The molecule has 286 valence electrons. The van der Waals surface area contributed by atoms with Gasteiger partial charge in [-0.1, -0.05) is 83.7 Å². The summed E-state index contributed by atoms with van der Waals surface area (Å²) >= 11 is 0. The molecule has 0 unspecified atom stereocenters. The molecule has 0 spiro atoms. The van der Waals surface area contributed by atoms with Crippen molar-refractivity contribution in [2.24, 2.45) is 17.3 Å². The van der Waals surface area contributed by atoms with Crippen LogP contribution in [0.25, 0.3) is 0 Å². The van der Waals surface area contributed by atoms with Gasteiger partial charge in [0.1, 0.15) is 23.8 Å². The topological polar surface area (TPSA) is 180 Å². The van der Waals surface area contributed by atoms with Gasteiger partial charge in [0.15, 0.2) is 0 Å². The van der Waals surface area contributed by atoms with Gasteiger partial charge in [0, 0.05) is 18.4 Å². The Bertz CT molecular complexity index is 1620. The number of benzene rings is 1. The molecule has 2 aromatic rings. The van der Waals surface area contributed by atoms with E-state index in [0.717, 1.165) is 50.5 Å². The molecule has 1 aromatic carbocycles. The van der Waals surface area contributed by atoms with Crippen molar-refractivity contribution in [2.45, 2.75) is 135 Å². The van der Waals surface area contributed by atoms with E-state index in [9.17, 15) is 28.8 Å². The number of Topliss-reactive ketones (excluding diaryl/α,β-unsaturated/α-hetero) is 1. The summed E-state index contributed by atoms with van der Waals surface area (Å²) in [6.07, 6.45) is 11.6. The molecule has 1 aliphatic heterocycles. The van der Waals surface area contributed by atoms with Crippen molar-refractivity contribution in [3.8, 4) is 0 Å². The second kappa shape index (κ2) is 17.4. The van der Waals surface area contributed by atoms with Gasteiger partial charge in [0.25, 0.3) is 11.8 Å². The number of carbonyl (C=O) groups excluding carboxylic acids is 6. The molecule has 1 saturated heterocycles. The van der Waals surface area contributed by atoms with Crippen molar-refractivity contribution in [1.82, 2.24) is 36.1 Å². The summed E-state index contributed by atoms with van der Waals surface area (Å²) in [4.78, 5) is 92.5. The Kier molecular flexibility index (Phi) is 13.0. The first-order valence-electron chi connectivity index (χ1n) is 19.2. The Balaban J connectivity index is 1.33. The lowest BCUT2D eigenvalue weighted by Crippen LogP contribution is -2.64. The predicted molar refractivity (Wildman–Crippen MR) is 198 cm³/mol. The number of amides is 5. The molecule has 5 amide bonds. The average Bonchev–Trinajstić information content (AvgIpc) is 3.78. The summed E-state index contributed by atoms with van der Waals surface area (Å²) in [6, 6.07) is 4.87. The minimum absolute atomic E-state index is 0.0922. The summed E-state index contributed by atoms with van der Waals surface area (Å²) in [5.41, 5.74) is 0.185. The maximum atomic E-state index is 14.7. The molecule has 4 N–H and O–H groups in total. The van der Waals surface area contributed by atoms with Crippen LogP contribution in [-0.2, 0) is 24.0 Å². The van der Waals surface area contributed by atoms with Crippen LogP contribution in [0, 0.1) is 17.3 Å². The molecule has 13 heteroatoms. The van der Waals surface area contributed by atoms with Crippen molar-refractivity contribution < 1.29 is 28.8 Å². The highest BCUT2D eigenvalue weighted by Crippen LogP contribution is 2.44. The Labute approximate surface area is 312 Å². The monoisotopic (exact) mass is 729 g/mol. The molecule has 0 radical (unpaired) electrons. The molecule has 2 saturated carbocycles. The van der Waals surface area contributed by atoms with Gasteiger partial charge in [-0.3, -0.25) is 33.8 Å². The summed E-state index contributed by atoms with van der Waals surface area (Å²) < 4.78 is 0. The Morgan fingerprint density at radius 1 is 0.887 bits per heavy atom. The fraction of sp³-hybridized carbons (Fsp3) is 0.600. The SMILES string of the molecule is CCC[C@H](NC(=O)[C@@H]1[C@H]2CC[C@H](C2)N1C(=O)[C@@H](NC(=O)[C@@H](NC(=O)c1cnccn1)C1CCCCC1)C(C)(C)C)C(=O)C(=O)N[C@@H](C)c1ccccc1. The standard InChI is InChI=1S/C40H55N7O6/c1-6-13-29(33(48)38(52)43-24(2)25-14-9-7-10-15-25)44-37(51)32-27-18-19-28(22-27)47(32)39(53)34(40(3,4)5)46-36(50)31(26-16-11-8-12-17-26)45-35(49)30-23-41-20-21-42-30/h7,9-10,14-15,20-21,23-24,26-29,31-32,34H,6,8,11-13,16-19,22H2,1-5H3,(H,43,52)(H,44,51)(H,45,49)(H,46,50)/t24-,27-,28+,29-,31-,32-,34+/m0/s1. The van der Waals surface area contributed by atoms with Crippen molar-refractivity contribution in [1.29, 1.82) is 0 Å². The van der Waals surface area contributed by atoms with Gasteiger partial charge in [-0.05, 0) is 68.3 Å². The molecule has 7 atom stereocenters. The minimum Gasteiger partial charge on any atom is -0.344 e. The first-order chi connectivity index (χ1) is 25.3. The largest absolute Gasteiger partial charge is 0.344 e. The summed E-state index contributed by atoms with van der Waals surface area (Å²) in [5, 5.41) is 11.5. The molecule has 3 fully saturated rings. The van der Waals surface area contributed by atoms with Crippen LogP contribution in [0.3, 0.4) is 0 Å². The van der Waals surface area contributed by atoms with Crippen molar-refractivity contribution in [3.05, 3.63) is 60.2 Å². The molecule has 5 rings (SSSR count). The lowest BCUT2D eigenvalue weighted by molar-refractivity contribution is -0.149. The van der Waals surface area contributed by atoms with Gasteiger partial charge in [-0.25, -0.2) is 4.98 Å². The van der Waals surface area contributed by atoms with E-state index < -0.39 is 65.0 Å². The number of nitrogens with zero attached hydrogens (tertiary/aromatic N) is 3. The van der Waals surface area contributed by atoms with E-state index >= 15 is 0 Å². The quantitative estimate of drug-likeness (QED) is 0.212. The van der Waals surface area contributed by atoms with Crippen molar-refractivity contribution in [3.63, 3.8) is 0 Å². The Morgan fingerprint density at radius 2 is 1.60 bits per heavy atom. The van der Waals surface area contributed by atoms with Crippen LogP contribution in [0.2, 0.25) is 0 Å². The fourth-order valence-electron chi connectivity index (χ4n) is 8.23. The molecular weight excluding hydrogens is 674 g/mol. The van der Waals surface area contributed by atoms with E-state index in [4.69, 9.17) is 0 Å². The van der Waals surface area contributed by atoms with E-state index in [-0.39, 0.29) is 35.9 Å². The molecule has 53 heavy (non-hydrogen) atoms. The van der Waals surface area contributed by atoms with E-state index in [1.54, 1.807) is 11.8 Å². The smallest absolute Gasteiger partial charge is 0.290 e.